The zero-order chi connectivity index (χ0) is 17.1. The molecule has 24 heavy (non-hydrogen) atoms. The molecular formula is C20H19NO2S. The Morgan fingerprint density at radius 2 is 1.79 bits per heavy atom. The highest BCUT2D eigenvalue weighted by Gasteiger charge is 2.12. The summed E-state index contributed by atoms with van der Waals surface area (Å²) in [6, 6.07) is 15.9. The lowest BCUT2D eigenvalue weighted by atomic mass is 10.0. The molecule has 0 fully saturated rings. The van der Waals surface area contributed by atoms with Gasteiger partial charge in [0, 0.05) is 17.6 Å². The van der Waals surface area contributed by atoms with Crippen molar-refractivity contribution in [1.29, 1.82) is 0 Å². The summed E-state index contributed by atoms with van der Waals surface area (Å²) in [5, 5.41) is 0. The lowest BCUT2D eigenvalue weighted by Gasteiger charge is -2.26. The lowest BCUT2D eigenvalue weighted by molar-refractivity contribution is 0.614. The van der Waals surface area contributed by atoms with Crippen LogP contribution in [0.1, 0.15) is 16.7 Å². The number of hydrogen-bond acceptors (Lipinski definition) is 3. The molecule has 0 unspecified atom stereocenters. The first-order chi connectivity index (χ1) is 11.5. The largest absolute Gasteiger partial charge is 0.317 e. The van der Waals surface area contributed by atoms with Gasteiger partial charge in [0.25, 0.3) is 0 Å². The minimum absolute atomic E-state index is 0.0801. The molecule has 2 aromatic rings. The van der Waals surface area contributed by atoms with Crippen LogP contribution in [0.15, 0.2) is 79.2 Å². The number of benzene rings is 2. The van der Waals surface area contributed by atoms with E-state index in [1.807, 2.05) is 42.5 Å². The lowest BCUT2D eigenvalue weighted by Crippen LogP contribution is -2.16. The summed E-state index contributed by atoms with van der Waals surface area (Å²) in [7, 11) is -2.40. The van der Waals surface area contributed by atoms with Crippen molar-refractivity contribution < 1.29 is 8.42 Å². The summed E-state index contributed by atoms with van der Waals surface area (Å²) < 4.78 is 21.6. The number of hydrogen-bond donors (Lipinski definition) is 1. The van der Waals surface area contributed by atoms with Crippen LogP contribution in [0.25, 0.3) is 5.57 Å². The fraction of sp³-hybridized carbons (Fsp3) is 0.100. The number of anilines is 1. The maximum Gasteiger partial charge on any atom is 0.144 e. The van der Waals surface area contributed by atoms with Gasteiger partial charge in [-0.2, -0.15) is 0 Å². The minimum Gasteiger partial charge on any atom is -0.317 e. The normalized spacial score (nSPS) is 14.2. The van der Waals surface area contributed by atoms with Crippen LogP contribution in [0.4, 0.5) is 5.69 Å². The van der Waals surface area contributed by atoms with Gasteiger partial charge in [-0.1, -0.05) is 49.1 Å². The third-order valence-electron chi connectivity index (χ3n) is 3.91. The maximum absolute atomic E-state index is 10.8. The van der Waals surface area contributed by atoms with Gasteiger partial charge >= 0.3 is 0 Å². The Balaban J connectivity index is 1.91. The van der Waals surface area contributed by atoms with Crippen molar-refractivity contribution in [3.8, 4) is 0 Å². The minimum atomic E-state index is -2.40. The zero-order valence-corrected chi connectivity index (χ0v) is 14.4. The number of thiol groups is 1. The van der Waals surface area contributed by atoms with Crippen molar-refractivity contribution in [3.63, 3.8) is 0 Å². The predicted octanol–water partition coefficient (Wildman–Crippen LogP) is 4.04. The Kier molecular flexibility index (Phi) is 4.67. The van der Waals surface area contributed by atoms with Crippen molar-refractivity contribution in [2.24, 2.45) is 0 Å². The summed E-state index contributed by atoms with van der Waals surface area (Å²) in [5.41, 5.74) is 6.07. The Morgan fingerprint density at radius 1 is 1.04 bits per heavy atom. The summed E-state index contributed by atoms with van der Waals surface area (Å²) in [6.45, 7) is 6.17. The monoisotopic (exact) mass is 337 g/mol. The number of nitrogens with zero attached hydrogens (tertiary/aromatic N) is 1. The Hall–Kier alpha value is -2.59. The first-order valence-electron chi connectivity index (χ1n) is 7.69. The Morgan fingerprint density at radius 3 is 2.46 bits per heavy atom. The van der Waals surface area contributed by atoms with Crippen LogP contribution < -0.4 is 4.90 Å². The molecule has 3 rings (SSSR count). The van der Waals surface area contributed by atoms with Gasteiger partial charge in [0.05, 0.1) is 5.75 Å². The standard InChI is InChI=1S/C20H19NO2S/c1-15-4-3-5-20(12-15)21-13-19(9-6-16(21)2)18-10-7-17(8-11-18)14-24(22)23/h3-13,24H,2,14H2,1H3. The predicted molar refractivity (Wildman–Crippen MR) is 100 cm³/mol. The van der Waals surface area contributed by atoms with E-state index in [-0.39, 0.29) is 5.75 Å². The fourth-order valence-corrected chi connectivity index (χ4v) is 3.18. The third kappa shape index (κ3) is 3.66. The van der Waals surface area contributed by atoms with Crippen LogP contribution in [-0.2, 0) is 16.5 Å². The SMILES string of the molecule is C=C1C=CC(c2ccc(C[SH](=O)=O)cc2)=CN1c1cccc(C)c1. The number of aryl methyl sites for hydroxylation is 1. The first-order valence-corrected chi connectivity index (χ1v) is 9.05. The Labute approximate surface area is 144 Å². The average Bonchev–Trinajstić information content (AvgIpc) is 2.55. The number of rotatable bonds is 4. The fourth-order valence-electron chi connectivity index (χ4n) is 2.67. The van der Waals surface area contributed by atoms with Crippen molar-refractivity contribution in [1.82, 2.24) is 0 Å². The summed E-state index contributed by atoms with van der Waals surface area (Å²) in [4.78, 5) is 2.06. The quantitative estimate of drug-likeness (QED) is 0.856. The van der Waals surface area contributed by atoms with E-state index >= 15 is 0 Å². The molecule has 3 nitrogen and oxygen atoms in total. The molecule has 0 aromatic heterocycles. The molecular weight excluding hydrogens is 318 g/mol. The molecule has 4 heteroatoms. The van der Waals surface area contributed by atoms with Crippen LogP contribution in [0, 0.1) is 6.92 Å². The second kappa shape index (κ2) is 6.89. The molecule has 122 valence electrons. The van der Waals surface area contributed by atoms with E-state index in [0.29, 0.717) is 0 Å². The zero-order valence-electron chi connectivity index (χ0n) is 13.5. The van der Waals surface area contributed by atoms with E-state index in [0.717, 1.165) is 28.1 Å². The van der Waals surface area contributed by atoms with Crippen LogP contribution in [0.3, 0.4) is 0 Å². The van der Waals surface area contributed by atoms with Crippen molar-refractivity contribution in [2.75, 3.05) is 4.90 Å². The molecule has 1 aliphatic heterocycles. The van der Waals surface area contributed by atoms with Gasteiger partial charge in [-0.05, 0) is 47.4 Å². The van der Waals surface area contributed by atoms with Crippen molar-refractivity contribution in [3.05, 3.63) is 95.8 Å². The van der Waals surface area contributed by atoms with E-state index in [2.05, 4.69) is 42.8 Å². The van der Waals surface area contributed by atoms with E-state index < -0.39 is 10.7 Å². The smallest absolute Gasteiger partial charge is 0.144 e. The van der Waals surface area contributed by atoms with E-state index in [9.17, 15) is 8.42 Å². The highest BCUT2D eigenvalue weighted by molar-refractivity contribution is 7.71. The third-order valence-corrected chi connectivity index (χ3v) is 4.54. The van der Waals surface area contributed by atoms with E-state index in [1.165, 1.54) is 5.56 Å². The van der Waals surface area contributed by atoms with Gasteiger partial charge in [-0.15, -0.1) is 0 Å². The van der Waals surface area contributed by atoms with Crippen LogP contribution in [0.5, 0.6) is 0 Å². The summed E-state index contributed by atoms with van der Waals surface area (Å²) in [5.74, 6) is 0.0801. The molecule has 0 saturated carbocycles. The second-order valence-electron chi connectivity index (χ2n) is 5.81. The van der Waals surface area contributed by atoms with Gasteiger partial charge in [0.2, 0.25) is 0 Å². The highest BCUT2D eigenvalue weighted by atomic mass is 32.2. The van der Waals surface area contributed by atoms with Crippen molar-refractivity contribution >= 4 is 22.0 Å². The molecule has 0 aliphatic carbocycles. The van der Waals surface area contributed by atoms with Crippen LogP contribution in [0.2, 0.25) is 0 Å². The van der Waals surface area contributed by atoms with Crippen LogP contribution >= 0.6 is 0 Å². The molecule has 0 radical (unpaired) electrons. The van der Waals surface area contributed by atoms with Gasteiger partial charge in [-0.25, -0.2) is 8.42 Å². The van der Waals surface area contributed by atoms with Crippen LogP contribution in [-0.4, -0.2) is 8.42 Å². The number of allylic oxidation sites excluding steroid dienone is 3. The van der Waals surface area contributed by atoms with E-state index in [4.69, 9.17) is 0 Å². The molecule has 2 aromatic carbocycles. The van der Waals surface area contributed by atoms with Gasteiger partial charge in [0.1, 0.15) is 10.7 Å². The average molecular weight is 337 g/mol. The highest BCUT2D eigenvalue weighted by Crippen LogP contribution is 2.29. The molecule has 1 aliphatic rings. The Bertz CT molecular complexity index is 897. The molecule has 0 bridgehead atoms. The molecule has 0 spiro atoms. The van der Waals surface area contributed by atoms with Gasteiger partial charge in [-0.3, -0.25) is 0 Å². The van der Waals surface area contributed by atoms with Crippen molar-refractivity contribution in [2.45, 2.75) is 12.7 Å². The van der Waals surface area contributed by atoms with Gasteiger partial charge in [0.15, 0.2) is 0 Å². The second-order valence-corrected chi connectivity index (χ2v) is 6.79. The molecule has 0 atom stereocenters. The maximum atomic E-state index is 10.8. The van der Waals surface area contributed by atoms with Gasteiger partial charge < -0.3 is 4.90 Å². The first kappa shape index (κ1) is 16.3. The summed E-state index contributed by atoms with van der Waals surface area (Å²) >= 11 is 0. The molecule has 0 N–H and O–H groups in total. The molecule has 1 heterocycles. The summed E-state index contributed by atoms with van der Waals surface area (Å²) in [6.07, 6.45) is 6.07. The molecule has 0 amide bonds. The molecule has 0 saturated heterocycles. The van der Waals surface area contributed by atoms with E-state index in [1.54, 1.807) is 0 Å². The topological polar surface area (TPSA) is 37.4 Å².